The van der Waals surface area contributed by atoms with Gasteiger partial charge >= 0.3 is 0 Å². The first-order valence-electron chi connectivity index (χ1n) is 10.6. The predicted octanol–water partition coefficient (Wildman–Crippen LogP) is 5.61. The van der Waals surface area contributed by atoms with Gasteiger partial charge in [0.25, 0.3) is 5.95 Å². The van der Waals surface area contributed by atoms with Crippen LogP contribution in [-0.4, -0.2) is 33.5 Å². The maximum absolute atomic E-state index is 5.98. The number of fused-ring (bicyclic) bond motifs is 3. The number of aromatic amines is 1. The van der Waals surface area contributed by atoms with Crippen LogP contribution in [0.3, 0.4) is 0 Å². The number of nitrogens with zero attached hydrogens (tertiary/aromatic N) is 4. The summed E-state index contributed by atoms with van der Waals surface area (Å²) in [7, 11) is 1.60. The lowest BCUT2D eigenvalue weighted by Crippen LogP contribution is -2.01. The summed E-state index contributed by atoms with van der Waals surface area (Å²) >= 11 is 3.57. The van der Waals surface area contributed by atoms with Crippen LogP contribution in [-0.2, 0) is 6.61 Å². The molecular weight excluding hydrogens is 496 g/mol. The zero-order chi connectivity index (χ0) is 23.5. The van der Waals surface area contributed by atoms with Gasteiger partial charge in [0.1, 0.15) is 12.1 Å². The standard InChI is InChI=1S/C25H21BrN6O2/c1-15-8-9-20-18(10-15)22-24(28-20)29-25(32-30-22)31-27-13-17-11-19(26)23(21(12-17)33-2)34-14-16-6-4-3-5-7-16/h3-13H,14H2,1-2H3,(H2,28,29,31,32)/b27-13+. The maximum Gasteiger partial charge on any atom is 0.265 e. The Morgan fingerprint density at radius 1 is 1.09 bits per heavy atom. The summed E-state index contributed by atoms with van der Waals surface area (Å²) in [5, 5.41) is 13.7. The van der Waals surface area contributed by atoms with E-state index in [1.807, 2.05) is 61.5 Å². The number of H-pyrrole nitrogens is 1. The average Bonchev–Trinajstić information content (AvgIpc) is 3.20. The third-order valence-corrected chi connectivity index (χ3v) is 5.81. The molecule has 8 nitrogen and oxygen atoms in total. The second kappa shape index (κ2) is 9.48. The van der Waals surface area contributed by atoms with Crippen molar-refractivity contribution in [3.8, 4) is 11.5 Å². The van der Waals surface area contributed by atoms with Crippen LogP contribution < -0.4 is 14.9 Å². The van der Waals surface area contributed by atoms with Crippen molar-refractivity contribution < 1.29 is 9.47 Å². The van der Waals surface area contributed by atoms with Crippen molar-refractivity contribution in [2.24, 2.45) is 5.10 Å². The molecule has 0 atom stereocenters. The number of ether oxygens (including phenoxy) is 2. The van der Waals surface area contributed by atoms with Gasteiger partial charge in [-0.05, 0) is 58.2 Å². The minimum absolute atomic E-state index is 0.292. The summed E-state index contributed by atoms with van der Waals surface area (Å²) in [5.41, 5.74) is 8.21. The Balaban J connectivity index is 1.32. The third-order valence-electron chi connectivity index (χ3n) is 5.23. The summed E-state index contributed by atoms with van der Waals surface area (Å²) in [5.74, 6) is 1.52. The molecule has 0 aliphatic heterocycles. The first kappa shape index (κ1) is 21.8. The van der Waals surface area contributed by atoms with Crippen LogP contribution >= 0.6 is 15.9 Å². The van der Waals surface area contributed by atoms with Gasteiger partial charge in [0, 0.05) is 10.9 Å². The molecule has 9 heteroatoms. The van der Waals surface area contributed by atoms with Gasteiger partial charge in [-0.1, -0.05) is 42.0 Å². The van der Waals surface area contributed by atoms with E-state index in [9.17, 15) is 0 Å². The largest absolute Gasteiger partial charge is 0.493 e. The molecule has 170 valence electrons. The number of nitrogens with one attached hydrogen (secondary N) is 2. The number of hydrazone groups is 1. The normalized spacial score (nSPS) is 11.4. The van der Waals surface area contributed by atoms with E-state index >= 15 is 0 Å². The zero-order valence-corrected chi connectivity index (χ0v) is 20.1. The van der Waals surface area contributed by atoms with E-state index in [2.05, 4.69) is 52.7 Å². The second-order valence-corrected chi connectivity index (χ2v) is 8.54. The number of hydrogen-bond donors (Lipinski definition) is 2. The van der Waals surface area contributed by atoms with Crippen LogP contribution in [0.25, 0.3) is 22.1 Å². The van der Waals surface area contributed by atoms with Crippen LogP contribution in [0.1, 0.15) is 16.7 Å². The van der Waals surface area contributed by atoms with Gasteiger partial charge in [0.2, 0.25) is 0 Å². The Labute approximate surface area is 204 Å². The smallest absolute Gasteiger partial charge is 0.265 e. The number of methoxy groups -OCH3 is 1. The molecule has 2 aromatic heterocycles. The number of benzene rings is 3. The molecule has 0 fully saturated rings. The molecule has 5 rings (SSSR count). The van der Waals surface area contributed by atoms with Gasteiger partial charge in [0.15, 0.2) is 17.1 Å². The Bertz CT molecular complexity index is 1500. The molecule has 0 saturated carbocycles. The summed E-state index contributed by atoms with van der Waals surface area (Å²) < 4.78 is 12.3. The lowest BCUT2D eigenvalue weighted by molar-refractivity contribution is 0.282. The highest BCUT2D eigenvalue weighted by molar-refractivity contribution is 9.10. The fourth-order valence-corrected chi connectivity index (χ4v) is 4.16. The molecule has 3 aromatic carbocycles. The zero-order valence-electron chi connectivity index (χ0n) is 18.5. The molecule has 0 saturated heterocycles. The van der Waals surface area contributed by atoms with Gasteiger partial charge in [0.05, 0.1) is 17.8 Å². The monoisotopic (exact) mass is 516 g/mol. The van der Waals surface area contributed by atoms with Crippen molar-refractivity contribution in [1.82, 2.24) is 20.2 Å². The molecule has 0 amide bonds. The quantitative estimate of drug-likeness (QED) is 0.215. The van der Waals surface area contributed by atoms with Gasteiger partial charge in [-0.3, -0.25) is 0 Å². The van der Waals surface area contributed by atoms with Crippen molar-refractivity contribution in [3.63, 3.8) is 0 Å². The van der Waals surface area contributed by atoms with Crippen LogP contribution in [0, 0.1) is 6.92 Å². The van der Waals surface area contributed by atoms with Crippen LogP contribution in [0.15, 0.2) is 70.2 Å². The molecule has 0 spiro atoms. The molecule has 2 N–H and O–H groups in total. The van der Waals surface area contributed by atoms with Crippen molar-refractivity contribution in [1.29, 1.82) is 0 Å². The first-order valence-corrected chi connectivity index (χ1v) is 11.4. The highest BCUT2D eigenvalue weighted by Crippen LogP contribution is 2.37. The number of aryl methyl sites for hydroxylation is 1. The minimum Gasteiger partial charge on any atom is -0.493 e. The highest BCUT2D eigenvalue weighted by atomic mass is 79.9. The van der Waals surface area contributed by atoms with Crippen LogP contribution in [0.2, 0.25) is 0 Å². The Hall–Kier alpha value is -3.98. The number of anilines is 1. The Kier molecular flexibility index (Phi) is 6.09. The number of rotatable bonds is 7. The topological polar surface area (TPSA) is 97.3 Å². The van der Waals surface area contributed by atoms with Crippen molar-refractivity contribution in [2.45, 2.75) is 13.5 Å². The SMILES string of the molecule is COc1cc(/C=N/Nc2nnc3c(n2)[nH]c2ccc(C)cc23)cc(Br)c1OCc1ccccc1. The van der Waals surface area contributed by atoms with Gasteiger partial charge in [-0.2, -0.15) is 10.1 Å². The van der Waals surface area contributed by atoms with E-state index in [4.69, 9.17) is 9.47 Å². The molecule has 0 aliphatic rings. The molecule has 2 heterocycles. The summed E-state index contributed by atoms with van der Waals surface area (Å²) in [6.45, 7) is 2.48. The van der Waals surface area contributed by atoms with Crippen LogP contribution in [0.4, 0.5) is 5.95 Å². The van der Waals surface area contributed by atoms with Crippen LogP contribution in [0.5, 0.6) is 11.5 Å². The summed E-state index contributed by atoms with van der Waals surface area (Å²) in [6.07, 6.45) is 1.65. The van der Waals surface area contributed by atoms with Gasteiger partial charge in [-0.25, -0.2) is 5.43 Å². The van der Waals surface area contributed by atoms with Gasteiger partial charge in [-0.15, -0.1) is 10.2 Å². The van der Waals surface area contributed by atoms with E-state index in [0.717, 1.165) is 37.6 Å². The van der Waals surface area contributed by atoms with Crippen molar-refractivity contribution in [2.75, 3.05) is 12.5 Å². The fourth-order valence-electron chi connectivity index (χ4n) is 3.58. The first-order chi connectivity index (χ1) is 16.6. The van der Waals surface area contributed by atoms with E-state index < -0.39 is 0 Å². The van der Waals surface area contributed by atoms with Gasteiger partial charge < -0.3 is 14.5 Å². The highest BCUT2D eigenvalue weighted by Gasteiger charge is 2.12. The minimum atomic E-state index is 0.292. The number of hydrogen-bond acceptors (Lipinski definition) is 7. The maximum atomic E-state index is 5.98. The second-order valence-electron chi connectivity index (χ2n) is 7.69. The molecule has 0 unspecified atom stereocenters. The molecule has 34 heavy (non-hydrogen) atoms. The van der Waals surface area contributed by atoms with E-state index in [-0.39, 0.29) is 0 Å². The number of aromatic nitrogens is 4. The Morgan fingerprint density at radius 3 is 2.76 bits per heavy atom. The third kappa shape index (κ3) is 4.55. The summed E-state index contributed by atoms with van der Waals surface area (Å²) in [6, 6.07) is 19.8. The summed E-state index contributed by atoms with van der Waals surface area (Å²) in [4.78, 5) is 7.75. The predicted molar refractivity (Wildman–Crippen MR) is 137 cm³/mol. The molecule has 5 aromatic rings. The van der Waals surface area contributed by atoms with Crippen molar-refractivity contribution >= 4 is 50.2 Å². The van der Waals surface area contributed by atoms with Crippen molar-refractivity contribution in [3.05, 3.63) is 81.8 Å². The van der Waals surface area contributed by atoms with E-state index in [0.29, 0.717) is 29.7 Å². The lowest BCUT2D eigenvalue weighted by atomic mass is 10.2. The fraction of sp³-hybridized carbons (Fsp3) is 0.120. The average molecular weight is 517 g/mol. The molecular formula is C25H21BrN6O2. The Morgan fingerprint density at radius 2 is 1.94 bits per heavy atom. The molecule has 0 aliphatic carbocycles. The lowest BCUT2D eigenvalue weighted by Gasteiger charge is -2.13. The van der Waals surface area contributed by atoms with E-state index in [1.54, 1.807) is 13.3 Å². The number of halogens is 1. The molecule has 0 bridgehead atoms. The van der Waals surface area contributed by atoms with E-state index in [1.165, 1.54) is 0 Å². The molecule has 0 radical (unpaired) electrons.